The molecule has 3 N–H and O–H groups in total. The van der Waals surface area contributed by atoms with Gasteiger partial charge in [-0.1, -0.05) is 31.9 Å². The molecule has 130 valence electrons. The molecule has 0 aliphatic rings. The van der Waals surface area contributed by atoms with Crippen molar-refractivity contribution in [3.63, 3.8) is 0 Å². The van der Waals surface area contributed by atoms with Gasteiger partial charge in [0.15, 0.2) is 0 Å². The lowest BCUT2D eigenvalue weighted by atomic mass is 10.1. The fourth-order valence-electron chi connectivity index (χ4n) is 2.55. The maximum atomic E-state index is 12.3. The predicted molar refractivity (Wildman–Crippen MR) is 91.7 cm³/mol. The normalized spacial score (nSPS) is 12.1. The number of carboxylic acid groups (broad SMARTS) is 1. The first-order valence-corrected chi connectivity index (χ1v) is 8.16. The first-order chi connectivity index (χ1) is 11.5. The van der Waals surface area contributed by atoms with Gasteiger partial charge in [0.1, 0.15) is 5.82 Å². The lowest BCUT2D eigenvalue weighted by Gasteiger charge is -2.22. The molecule has 1 aromatic heterocycles. The van der Waals surface area contributed by atoms with Gasteiger partial charge in [-0.05, 0) is 18.6 Å². The minimum absolute atomic E-state index is 0.0653. The van der Waals surface area contributed by atoms with Crippen molar-refractivity contribution in [2.45, 2.75) is 45.2 Å². The van der Waals surface area contributed by atoms with Crippen molar-refractivity contribution in [2.75, 3.05) is 7.05 Å². The largest absolute Gasteiger partial charge is 0.481 e. The summed E-state index contributed by atoms with van der Waals surface area (Å²) in [6, 6.07) is 7.02. The highest BCUT2D eigenvalue weighted by molar-refractivity contribution is 5.76. The van der Waals surface area contributed by atoms with E-state index >= 15 is 0 Å². The van der Waals surface area contributed by atoms with Crippen molar-refractivity contribution in [1.82, 2.24) is 20.2 Å². The molecule has 7 heteroatoms. The molecule has 7 nitrogen and oxygen atoms in total. The van der Waals surface area contributed by atoms with Gasteiger partial charge in [-0.3, -0.25) is 4.79 Å². The first kappa shape index (κ1) is 17.8. The highest BCUT2D eigenvalue weighted by Gasteiger charge is 2.18. The van der Waals surface area contributed by atoms with Gasteiger partial charge in [0.25, 0.3) is 0 Å². The van der Waals surface area contributed by atoms with E-state index in [1.165, 1.54) is 4.90 Å². The maximum absolute atomic E-state index is 12.3. The van der Waals surface area contributed by atoms with Crippen LogP contribution in [0.4, 0.5) is 4.79 Å². The van der Waals surface area contributed by atoms with Crippen molar-refractivity contribution in [3.8, 4) is 0 Å². The summed E-state index contributed by atoms with van der Waals surface area (Å²) in [4.78, 5) is 32.3. The Labute approximate surface area is 141 Å². The topological polar surface area (TPSA) is 98.3 Å². The molecular weight excluding hydrogens is 308 g/mol. The molecular formula is C17H24N4O3. The second-order valence-corrected chi connectivity index (χ2v) is 5.94. The molecule has 0 aliphatic heterocycles. The third-order valence-corrected chi connectivity index (χ3v) is 3.83. The first-order valence-electron chi connectivity index (χ1n) is 8.16. The van der Waals surface area contributed by atoms with E-state index in [0.29, 0.717) is 18.8 Å². The second-order valence-electron chi connectivity index (χ2n) is 5.94. The van der Waals surface area contributed by atoms with E-state index in [-0.39, 0.29) is 18.5 Å². The van der Waals surface area contributed by atoms with Crippen LogP contribution in [-0.4, -0.2) is 45.1 Å². The van der Waals surface area contributed by atoms with Gasteiger partial charge in [0, 0.05) is 13.1 Å². The van der Waals surface area contributed by atoms with Crippen LogP contribution in [0, 0.1) is 0 Å². The Morgan fingerprint density at radius 2 is 2.12 bits per heavy atom. The highest BCUT2D eigenvalue weighted by atomic mass is 16.4. The highest BCUT2D eigenvalue weighted by Crippen LogP contribution is 2.12. The summed E-state index contributed by atoms with van der Waals surface area (Å²) in [7, 11) is 1.67. The quantitative estimate of drug-likeness (QED) is 0.692. The number of rotatable bonds is 8. The van der Waals surface area contributed by atoms with E-state index in [4.69, 9.17) is 5.11 Å². The molecule has 1 aromatic carbocycles. The number of nitrogens with zero attached hydrogens (tertiary/aromatic N) is 2. The van der Waals surface area contributed by atoms with Gasteiger partial charge in [-0.15, -0.1) is 0 Å². The Balaban J connectivity index is 1.95. The average Bonchev–Trinajstić information content (AvgIpc) is 2.94. The number of aliphatic carboxylic acids is 1. The van der Waals surface area contributed by atoms with E-state index in [2.05, 4.69) is 15.3 Å². The number of amides is 2. The van der Waals surface area contributed by atoms with Crippen LogP contribution in [-0.2, 0) is 11.3 Å². The number of fused-ring (bicyclic) bond motifs is 1. The molecule has 0 fully saturated rings. The zero-order chi connectivity index (χ0) is 17.5. The molecule has 0 radical (unpaired) electrons. The average molecular weight is 332 g/mol. The van der Waals surface area contributed by atoms with Crippen molar-refractivity contribution in [2.24, 2.45) is 0 Å². The summed E-state index contributed by atoms with van der Waals surface area (Å²) in [6.45, 7) is 2.36. The molecule has 2 aromatic rings. The summed E-state index contributed by atoms with van der Waals surface area (Å²) in [6.07, 6.45) is 2.43. The number of unbranched alkanes of at least 4 members (excludes halogenated alkanes) is 1. The summed E-state index contributed by atoms with van der Waals surface area (Å²) in [5, 5.41) is 11.8. The molecule has 1 unspecified atom stereocenters. The van der Waals surface area contributed by atoms with E-state index in [1.807, 2.05) is 31.2 Å². The molecule has 24 heavy (non-hydrogen) atoms. The van der Waals surface area contributed by atoms with E-state index in [9.17, 15) is 9.59 Å². The van der Waals surface area contributed by atoms with Crippen molar-refractivity contribution in [3.05, 3.63) is 30.1 Å². The van der Waals surface area contributed by atoms with Crippen molar-refractivity contribution >= 4 is 23.0 Å². The zero-order valence-electron chi connectivity index (χ0n) is 14.1. The molecule has 2 rings (SSSR count). The maximum Gasteiger partial charge on any atom is 0.317 e. The minimum atomic E-state index is -0.906. The number of carboxylic acids is 1. The Kier molecular flexibility index (Phi) is 6.17. The number of carbonyl (C=O) groups is 2. The number of carbonyl (C=O) groups excluding carboxylic acids is 1. The second kappa shape index (κ2) is 8.33. The van der Waals surface area contributed by atoms with Gasteiger partial charge < -0.3 is 20.3 Å². The number of hydrogen-bond acceptors (Lipinski definition) is 3. The third kappa shape index (κ3) is 4.97. The fraction of sp³-hybridized carbons (Fsp3) is 0.471. The van der Waals surface area contributed by atoms with Gasteiger partial charge in [0.05, 0.1) is 24.0 Å². The number of nitrogens with one attached hydrogen (secondary N) is 2. The summed E-state index contributed by atoms with van der Waals surface area (Å²) >= 11 is 0. The molecule has 1 atom stereocenters. The summed E-state index contributed by atoms with van der Waals surface area (Å²) < 4.78 is 0. The standard InChI is InChI=1S/C17H24N4O3/c1-3-4-7-12(10-16(22)23)18-17(24)21(2)11-15-19-13-8-5-6-9-14(13)20-15/h5-6,8-9,12H,3-4,7,10-11H2,1-2H3,(H,18,24)(H,19,20)(H,22,23). The molecule has 2 amide bonds. The number of benzene rings is 1. The van der Waals surface area contributed by atoms with Crippen molar-refractivity contribution < 1.29 is 14.7 Å². The van der Waals surface area contributed by atoms with E-state index in [1.54, 1.807) is 7.05 Å². The van der Waals surface area contributed by atoms with Gasteiger partial charge >= 0.3 is 12.0 Å². The van der Waals surface area contributed by atoms with Gasteiger partial charge in [0.2, 0.25) is 0 Å². The molecule has 0 saturated carbocycles. The summed E-state index contributed by atoms with van der Waals surface area (Å²) in [5.74, 6) is -0.214. The predicted octanol–water partition coefficient (Wildman–Crippen LogP) is 2.74. The molecule has 0 aliphatic carbocycles. The number of H-pyrrole nitrogens is 1. The molecule has 0 bridgehead atoms. The van der Waals surface area contributed by atoms with Gasteiger partial charge in [-0.2, -0.15) is 0 Å². The van der Waals surface area contributed by atoms with Gasteiger partial charge in [-0.25, -0.2) is 9.78 Å². The van der Waals surface area contributed by atoms with Crippen LogP contribution in [0.25, 0.3) is 11.0 Å². The van der Waals surface area contributed by atoms with E-state index < -0.39 is 5.97 Å². The van der Waals surface area contributed by atoms with Crippen LogP contribution in [0.2, 0.25) is 0 Å². The van der Waals surface area contributed by atoms with Crippen molar-refractivity contribution in [1.29, 1.82) is 0 Å². The number of urea groups is 1. The summed E-state index contributed by atoms with van der Waals surface area (Å²) in [5.41, 5.74) is 1.78. The van der Waals surface area contributed by atoms with E-state index in [0.717, 1.165) is 23.9 Å². The lowest BCUT2D eigenvalue weighted by molar-refractivity contribution is -0.137. The number of para-hydroxylation sites is 2. The minimum Gasteiger partial charge on any atom is -0.481 e. The number of hydrogen-bond donors (Lipinski definition) is 3. The lowest BCUT2D eigenvalue weighted by Crippen LogP contribution is -2.43. The zero-order valence-corrected chi connectivity index (χ0v) is 14.1. The Hall–Kier alpha value is -2.57. The third-order valence-electron chi connectivity index (χ3n) is 3.83. The smallest absolute Gasteiger partial charge is 0.317 e. The molecule has 0 saturated heterocycles. The van der Waals surface area contributed by atoms with Crippen LogP contribution in [0.5, 0.6) is 0 Å². The van der Waals surface area contributed by atoms with Crippen LogP contribution >= 0.6 is 0 Å². The Morgan fingerprint density at radius 1 is 1.38 bits per heavy atom. The molecule has 0 spiro atoms. The fourth-order valence-corrected chi connectivity index (χ4v) is 2.55. The monoisotopic (exact) mass is 332 g/mol. The molecule has 1 heterocycles. The van der Waals surface area contributed by atoms with Crippen LogP contribution in [0.1, 0.15) is 38.4 Å². The number of aromatic nitrogens is 2. The SMILES string of the molecule is CCCCC(CC(=O)O)NC(=O)N(C)Cc1nc2ccccc2[nH]1. The van der Waals surface area contributed by atoms with Crippen LogP contribution in [0.15, 0.2) is 24.3 Å². The number of aromatic amines is 1. The van der Waals surface area contributed by atoms with Crippen LogP contribution < -0.4 is 5.32 Å². The number of imidazole rings is 1. The Morgan fingerprint density at radius 3 is 2.79 bits per heavy atom. The van der Waals surface area contributed by atoms with Crippen LogP contribution in [0.3, 0.4) is 0 Å². The Bertz CT molecular complexity index is 665.